The van der Waals surface area contributed by atoms with Crippen LogP contribution >= 0.6 is 0 Å². The summed E-state index contributed by atoms with van der Waals surface area (Å²) in [5.74, 6) is -0.250. The van der Waals surface area contributed by atoms with Gasteiger partial charge in [0.05, 0.1) is 12.1 Å². The Morgan fingerprint density at radius 3 is 2.35 bits per heavy atom. The molecular weight excluding hydrogens is 485 g/mol. The normalized spacial score (nSPS) is 17.9. The third-order valence-corrected chi connectivity index (χ3v) is 7.58. The van der Waals surface area contributed by atoms with Crippen LogP contribution in [0.5, 0.6) is 0 Å². The van der Waals surface area contributed by atoms with Crippen molar-refractivity contribution in [1.82, 2.24) is 19.5 Å². The molecule has 11 heteroatoms. The monoisotopic (exact) mass is 516 g/mol. The number of nitrogens with one attached hydrogen (secondary N) is 2. The number of carboxylic acid groups (broad SMARTS) is 1. The molecule has 3 aromatic rings. The summed E-state index contributed by atoms with van der Waals surface area (Å²) in [4.78, 5) is 25.0. The third-order valence-electron chi connectivity index (χ3n) is 7.58. The van der Waals surface area contributed by atoms with Gasteiger partial charge in [0.2, 0.25) is 11.8 Å². The van der Waals surface area contributed by atoms with Crippen LogP contribution in [0.4, 0.5) is 24.9 Å². The molecule has 5 rings (SSSR count). The molecule has 0 radical (unpaired) electrons. The predicted molar refractivity (Wildman–Crippen MR) is 134 cm³/mol. The van der Waals surface area contributed by atoms with Crippen molar-refractivity contribution in [1.29, 1.82) is 0 Å². The van der Waals surface area contributed by atoms with Gasteiger partial charge in [-0.1, -0.05) is 37.8 Å². The number of benzene rings is 1. The molecule has 0 spiro atoms. The highest BCUT2D eigenvalue weighted by atomic mass is 19.4. The molecule has 1 atom stereocenters. The first-order chi connectivity index (χ1) is 17.7. The fraction of sp³-hybridized carbons (Fsp3) is 0.538. The number of aromatic carboxylic acids is 1. The number of halogens is 3. The van der Waals surface area contributed by atoms with Crippen molar-refractivity contribution in [2.24, 2.45) is 5.92 Å². The molecule has 2 aromatic heterocycles. The quantitative estimate of drug-likeness (QED) is 0.340. The number of carbonyl (C=O) groups is 1. The molecule has 2 aliphatic carbocycles. The smallest absolute Gasteiger partial charge is 0.416 e. The molecular formula is C26H31F3N6O2. The number of hydrogen-bond acceptors (Lipinski definition) is 6. The van der Waals surface area contributed by atoms with Crippen LogP contribution < -0.4 is 10.6 Å². The summed E-state index contributed by atoms with van der Waals surface area (Å²) < 4.78 is 41.2. The Kier molecular flexibility index (Phi) is 6.96. The summed E-state index contributed by atoms with van der Waals surface area (Å²) in [5, 5.41) is 16.5. The molecule has 8 nitrogen and oxygen atoms in total. The zero-order chi connectivity index (χ0) is 26.2. The largest absolute Gasteiger partial charge is 0.475 e. The molecule has 198 valence electrons. The number of aromatic nitrogens is 4. The number of imidazole rings is 1. The minimum Gasteiger partial charge on any atom is -0.475 e. The summed E-state index contributed by atoms with van der Waals surface area (Å²) in [7, 11) is 0. The first kappa shape index (κ1) is 25.3. The highest BCUT2D eigenvalue weighted by Crippen LogP contribution is 2.34. The average molecular weight is 517 g/mol. The molecule has 2 aliphatic rings. The van der Waals surface area contributed by atoms with Gasteiger partial charge in [0.1, 0.15) is 5.52 Å². The zero-order valence-corrected chi connectivity index (χ0v) is 20.7. The molecule has 0 amide bonds. The number of nitrogens with zero attached hydrogens (tertiary/aromatic N) is 4. The van der Waals surface area contributed by atoms with Crippen molar-refractivity contribution in [2.75, 3.05) is 10.6 Å². The first-order valence-corrected chi connectivity index (χ1v) is 12.9. The van der Waals surface area contributed by atoms with Gasteiger partial charge in [-0.25, -0.2) is 14.8 Å². The molecule has 2 saturated carbocycles. The van der Waals surface area contributed by atoms with E-state index in [1.807, 2.05) is 4.57 Å². The maximum absolute atomic E-state index is 13.1. The van der Waals surface area contributed by atoms with Gasteiger partial charge in [-0.2, -0.15) is 18.2 Å². The van der Waals surface area contributed by atoms with E-state index in [0.717, 1.165) is 57.1 Å². The third kappa shape index (κ3) is 5.50. The Morgan fingerprint density at radius 1 is 1.05 bits per heavy atom. The van der Waals surface area contributed by atoms with E-state index in [0.29, 0.717) is 28.8 Å². The van der Waals surface area contributed by atoms with E-state index in [9.17, 15) is 23.1 Å². The van der Waals surface area contributed by atoms with Gasteiger partial charge in [-0.05, 0) is 56.2 Å². The van der Waals surface area contributed by atoms with Gasteiger partial charge in [-0.15, -0.1) is 0 Å². The Morgan fingerprint density at radius 2 is 1.76 bits per heavy atom. The van der Waals surface area contributed by atoms with Crippen LogP contribution in [0.2, 0.25) is 0 Å². The zero-order valence-electron chi connectivity index (χ0n) is 20.7. The van der Waals surface area contributed by atoms with Crippen molar-refractivity contribution in [3.05, 3.63) is 41.2 Å². The van der Waals surface area contributed by atoms with Crippen LogP contribution in [0, 0.1) is 5.92 Å². The lowest BCUT2D eigenvalue weighted by Gasteiger charge is -2.32. The number of alkyl halides is 3. The molecule has 0 aliphatic heterocycles. The number of hydrogen-bond donors (Lipinski definition) is 3. The standard InChI is InChI=1S/C26H31F3N6O2/c1-15(17-6-5-7-17)30-21-20-22(33-23(32-21)24(36)37)34-25(31-19-8-3-2-4-9-19)35(20)14-16-10-12-18(13-11-16)26(27,28)29/h10-13,15,17,19H,2-9,14H2,1H3,(H,36,37)(H2,30,31,32,33,34). The van der Waals surface area contributed by atoms with E-state index in [1.54, 1.807) is 0 Å². The second-order valence-electron chi connectivity index (χ2n) is 10.2. The Hall–Kier alpha value is -3.37. The van der Waals surface area contributed by atoms with E-state index < -0.39 is 17.7 Å². The predicted octanol–water partition coefficient (Wildman–Crippen LogP) is 5.94. The van der Waals surface area contributed by atoms with Crippen molar-refractivity contribution >= 4 is 28.9 Å². The summed E-state index contributed by atoms with van der Waals surface area (Å²) in [6, 6.07) is 5.32. The average Bonchev–Trinajstić information content (AvgIpc) is 3.15. The van der Waals surface area contributed by atoms with Gasteiger partial charge >= 0.3 is 12.1 Å². The summed E-state index contributed by atoms with van der Waals surface area (Å²) in [6.45, 7) is 2.28. The van der Waals surface area contributed by atoms with Crippen LogP contribution in [-0.4, -0.2) is 42.7 Å². The lowest BCUT2D eigenvalue weighted by molar-refractivity contribution is -0.137. The number of fused-ring (bicyclic) bond motifs is 1. The summed E-state index contributed by atoms with van der Waals surface area (Å²) >= 11 is 0. The Bertz CT molecular complexity index is 1260. The Labute approximate surface area is 212 Å². The van der Waals surface area contributed by atoms with Crippen LogP contribution in [0.25, 0.3) is 11.2 Å². The second kappa shape index (κ2) is 10.2. The van der Waals surface area contributed by atoms with E-state index in [4.69, 9.17) is 0 Å². The molecule has 0 bridgehead atoms. The number of rotatable bonds is 8. The van der Waals surface area contributed by atoms with Gasteiger partial charge < -0.3 is 20.3 Å². The highest BCUT2D eigenvalue weighted by Gasteiger charge is 2.31. The van der Waals surface area contributed by atoms with Crippen LogP contribution in [0.1, 0.15) is 80.0 Å². The van der Waals surface area contributed by atoms with Crippen LogP contribution in [0.3, 0.4) is 0 Å². The van der Waals surface area contributed by atoms with E-state index >= 15 is 0 Å². The molecule has 37 heavy (non-hydrogen) atoms. The lowest BCUT2D eigenvalue weighted by Crippen LogP contribution is -2.31. The molecule has 2 fully saturated rings. The number of carboxylic acids is 1. The van der Waals surface area contributed by atoms with Gasteiger partial charge in [-0.3, -0.25) is 0 Å². The molecule has 2 heterocycles. The van der Waals surface area contributed by atoms with Crippen LogP contribution in [-0.2, 0) is 12.7 Å². The Balaban J connectivity index is 1.58. The number of anilines is 2. The topological polar surface area (TPSA) is 105 Å². The maximum atomic E-state index is 13.1. The van der Waals surface area contributed by atoms with Gasteiger partial charge in [0, 0.05) is 12.1 Å². The van der Waals surface area contributed by atoms with Crippen molar-refractivity contribution in [3.8, 4) is 0 Å². The van der Waals surface area contributed by atoms with E-state index in [2.05, 4.69) is 32.5 Å². The first-order valence-electron chi connectivity index (χ1n) is 12.9. The molecule has 1 aromatic carbocycles. The summed E-state index contributed by atoms with van der Waals surface area (Å²) in [5.41, 5.74) is 0.716. The van der Waals surface area contributed by atoms with Crippen LogP contribution in [0.15, 0.2) is 24.3 Å². The highest BCUT2D eigenvalue weighted by molar-refractivity contribution is 5.91. The SMILES string of the molecule is CC(Nc1nc(C(=O)O)nc2nc(NC3CCCCC3)n(Cc3ccc(C(F)(F)F)cc3)c12)C1CCC1. The molecule has 0 saturated heterocycles. The fourth-order valence-electron chi connectivity index (χ4n) is 5.18. The molecule has 3 N–H and O–H groups in total. The lowest BCUT2D eigenvalue weighted by atomic mass is 9.80. The van der Waals surface area contributed by atoms with Crippen molar-refractivity contribution < 1.29 is 23.1 Å². The fourth-order valence-corrected chi connectivity index (χ4v) is 5.18. The minimum absolute atomic E-state index is 0.0673. The van der Waals surface area contributed by atoms with Crippen molar-refractivity contribution in [3.63, 3.8) is 0 Å². The maximum Gasteiger partial charge on any atom is 0.416 e. The van der Waals surface area contributed by atoms with Gasteiger partial charge in [0.25, 0.3) is 0 Å². The van der Waals surface area contributed by atoms with Gasteiger partial charge in [0.15, 0.2) is 11.5 Å². The van der Waals surface area contributed by atoms with E-state index in [1.165, 1.54) is 18.6 Å². The summed E-state index contributed by atoms with van der Waals surface area (Å²) in [6.07, 6.45) is 4.29. The van der Waals surface area contributed by atoms with E-state index in [-0.39, 0.29) is 30.1 Å². The van der Waals surface area contributed by atoms with Crippen molar-refractivity contribution in [2.45, 2.75) is 83.1 Å². The second-order valence-corrected chi connectivity index (χ2v) is 10.2. The molecule has 1 unspecified atom stereocenters. The minimum atomic E-state index is -4.41.